The van der Waals surface area contributed by atoms with Crippen molar-refractivity contribution in [2.75, 3.05) is 20.6 Å². The lowest BCUT2D eigenvalue weighted by atomic mass is 10.1. The van der Waals surface area contributed by atoms with E-state index in [0.717, 1.165) is 0 Å². The van der Waals surface area contributed by atoms with E-state index in [2.05, 4.69) is 26.6 Å². The van der Waals surface area contributed by atoms with Crippen molar-refractivity contribution >= 4 is 28.3 Å². The molecule has 1 atom stereocenters. The molecule has 0 radical (unpaired) electrons. The quantitative estimate of drug-likeness (QED) is 0.732. The van der Waals surface area contributed by atoms with Crippen LogP contribution >= 0.6 is 11.3 Å². The van der Waals surface area contributed by atoms with Crippen molar-refractivity contribution in [1.82, 2.24) is 19.8 Å². The lowest BCUT2D eigenvalue weighted by Crippen LogP contribution is -2.37. The van der Waals surface area contributed by atoms with Crippen LogP contribution in [0.5, 0.6) is 0 Å². The first-order chi connectivity index (χ1) is 12.1. The van der Waals surface area contributed by atoms with Gasteiger partial charge in [0.05, 0.1) is 23.3 Å². The van der Waals surface area contributed by atoms with Gasteiger partial charge in [-0.25, -0.2) is 4.98 Å². The van der Waals surface area contributed by atoms with Crippen LogP contribution in [0.2, 0.25) is 0 Å². The molecule has 1 N–H and O–H groups in total. The summed E-state index contributed by atoms with van der Waals surface area (Å²) in [5, 5.41) is 7.04. The predicted molar refractivity (Wildman–Crippen MR) is 99.8 cm³/mol. The number of para-hydroxylation sites is 2. The Labute approximate surface area is 149 Å². The molecule has 0 aliphatic rings. The zero-order chi connectivity index (χ0) is 17.8. The normalized spacial score (nSPS) is 12.4. The van der Waals surface area contributed by atoms with Crippen molar-refractivity contribution in [1.29, 1.82) is 0 Å². The molecule has 0 aliphatic heterocycles. The third-order valence-corrected chi connectivity index (χ3v) is 4.80. The average Bonchev–Trinajstić information content (AvgIpc) is 3.11. The van der Waals surface area contributed by atoms with Crippen LogP contribution in [0.15, 0.2) is 52.1 Å². The number of nitrogens with zero attached hydrogens (tertiary/aromatic N) is 3. The molecule has 1 amide bonds. The zero-order valence-electron chi connectivity index (χ0n) is 14.2. The first-order valence-electron chi connectivity index (χ1n) is 7.96. The molecule has 1 unspecified atom stereocenters. The fraction of sp³-hybridized carbons (Fsp3) is 0.278. The van der Waals surface area contributed by atoms with Crippen molar-refractivity contribution < 1.29 is 4.79 Å². The zero-order valence-corrected chi connectivity index (χ0v) is 15.0. The highest BCUT2D eigenvalue weighted by Crippen LogP contribution is 2.19. The number of likely N-dealkylation sites (N-methyl/N-ethyl adjacent to an activating group) is 1. The summed E-state index contributed by atoms with van der Waals surface area (Å²) in [6.07, 6.45) is 1.25. The molecule has 6 nitrogen and oxygen atoms in total. The average molecular weight is 356 g/mol. The minimum atomic E-state index is -0.282. The molecule has 0 saturated carbocycles. The van der Waals surface area contributed by atoms with E-state index in [4.69, 9.17) is 0 Å². The van der Waals surface area contributed by atoms with Gasteiger partial charge in [0.2, 0.25) is 5.91 Å². The first kappa shape index (κ1) is 17.3. The highest BCUT2D eigenvalue weighted by Gasteiger charge is 2.16. The van der Waals surface area contributed by atoms with E-state index >= 15 is 0 Å². The number of amides is 1. The lowest BCUT2D eigenvalue weighted by molar-refractivity contribution is -0.121. The lowest BCUT2D eigenvalue weighted by Gasteiger charge is -2.24. The standard InChI is InChI=1S/C18H20N4O2S/c1-21(2)16(13-7-8-25-12-13)9-20-17(23)11-22-15-6-4-3-5-14(15)19-10-18(22)24/h3-8,10,12,16H,9,11H2,1-2H3,(H,20,23). The highest BCUT2D eigenvalue weighted by molar-refractivity contribution is 7.07. The summed E-state index contributed by atoms with van der Waals surface area (Å²) < 4.78 is 1.45. The van der Waals surface area contributed by atoms with Gasteiger partial charge in [-0.15, -0.1) is 0 Å². The third-order valence-electron chi connectivity index (χ3n) is 4.10. The molecule has 2 aromatic heterocycles. The Hall–Kier alpha value is -2.51. The van der Waals surface area contributed by atoms with Crippen LogP contribution in [-0.2, 0) is 11.3 Å². The van der Waals surface area contributed by atoms with Crippen molar-refractivity contribution in [3.05, 3.63) is 63.2 Å². The molecule has 25 heavy (non-hydrogen) atoms. The molecule has 7 heteroatoms. The van der Waals surface area contributed by atoms with Gasteiger partial charge in [0, 0.05) is 6.54 Å². The molecular weight excluding hydrogens is 336 g/mol. The van der Waals surface area contributed by atoms with Crippen LogP contribution in [0.3, 0.4) is 0 Å². The van der Waals surface area contributed by atoms with Crippen LogP contribution in [0, 0.1) is 0 Å². The second-order valence-corrected chi connectivity index (χ2v) is 6.79. The number of thiophene rings is 1. The van der Waals surface area contributed by atoms with Gasteiger partial charge in [0.25, 0.3) is 5.56 Å². The Morgan fingerprint density at radius 1 is 1.32 bits per heavy atom. The third kappa shape index (κ3) is 3.94. The summed E-state index contributed by atoms with van der Waals surface area (Å²) >= 11 is 1.63. The van der Waals surface area contributed by atoms with E-state index in [0.29, 0.717) is 17.6 Å². The molecule has 0 bridgehead atoms. The van der Waals surface area contributed by atoms with Gasteiger partial charge in [-0.3, -0.25) is 14.2 Å². The Morgan fingerprint density at radius 2 is 2.12 bits per heavy atom. The number of hydrogen-bond donors (Lipinski definition) is 1. The van der Waals surface area contributed by atoms with Crippen molar-refractivity contribution in [2.45, 2.75) is 12.6 Å². The van der Waals surface area contributed by atoms with Crippen LogP contribution in [0.1, 0.15) is 11.6 Å². The smallest absolute Gasteiger partial charge is 0.269 e. The summed E-state index contributed by atoms with van der Waals surface area (Å²) in [5.74, 6) is -0.194. The Morgan fingerprint density at radius 3 is 2.84 bits per heavy atom. The highest BCUT2D eigenvalue weighted by atomic mass is 32.1. The number of aromatic nitrogens is 2. The van der Waals surface area contributed by atoms with Gasteiger partial charge < -0.3 is 10.2 Å². The second kappa shape index (κ2) is 7.58. The van der Waals surface area contributed by atoms with E-state index in [1.54, 1.807) is 17.4 Å². The molecule has 3 rings (SSSR count). The van der Waals surface area contributed by atoms with Crippen LogP contribution in [0.25, 0.3) is 11.0 Å². The number of fused-ring (bicyclic) bond motifs is 1. The molecule has 2 heterocycles. The van der Waals surface area contributed by atoms with Crippen molar-refractivity contribution in [3.8, 4) is 0 Å². The second-order valence-electron chi connectivity index (χ2n) is 6.01. The molecule has 0 spiro atoms. The largest absolute Gasteiger partial charge is 0.353 e. The molecule has 0 fully saturated rings. The number of hydrogen-bond acceptors (Lipinski definition) is 5. The number of benzene rings is 1. The van der Waals surface area contributed by atoms with Crippen molar-refractivity contribution in [3.63, 3.8) is 0 Å². The van der Waals surface area contributed by atoms with Gasteiger partial charge in [0.15, 0.2) is 0 Å². The van der Waals surface area contributed by atoms with Crippen LogP contribution in [0.4, 0.5) is 0 Å². The molecule has 130 valence electrons. The van der Waals surface area contributed by atoms with Crippen molar-refractivity contribution in [2.24, 2.45) is 0 Å². The Kier molecular flexibility index (Phi) is 5.25. The van der Waals surface area contributed by atoms with Crippen LogP contribution < -0.4 is 10.9 Å². The number of carbonyl (C=O) groups is 1. The number of nitrogens with one attached hydrogen (secondary N) is 1. The van der Waals surface area contributed by atoms with Crippen LogP contribution in [-0.4, -0.2) is 41.0 Å². The molecule has 0 aliphatic carbocycles. The summed E-state index contributed by atoms with van der Waals surface area (Å²) in [7, 11) is 3.96. The van der Waals surface area contributed by atoms with Gasteiger partial charge >= 0.3 is 0 Å². The summed E-state index contributed by atoms with van der Waals surface area (Å²) in [5.41, 5.74) is 2.24. The SMILES string of the molecule is CN(C)C(CNC(=O)Cn1c(=O)cnc2ccccc21)c1ccsc1. The van der Waals surface area contributed by atoms with E-state index < -0.39 is 0 Å². The summed E-state index contributed by atoms with van der Waals surface area (Å²) in [4.78, 5) is 30.7. The minimum absolute atomic E-state index is 0.0222. The predicted octanol–water partition coefficient (Wildman–Crippen LogP) is 1.88. The molecule has 1 aromatic carbocycles. The number of carbonyl (C=O) groups excluding carboxylic acids is 1. The van der Waals surface area contributed by atoms with Gasteiger partial charge in [0.1, 0.15) is 6.54 Å². The molecular formula is C18H20N4O2S. The summed E-state index contributed by atoms with van der Waals surface area (Å²) in [6, 6.07) is 9.46. The van der Waals surface area contributed by atoms with E-state index in [1.807, 2.05) is 37.7 Å². The fourth-order valence-corrected chi connectivity index (χ4v) is 3.46. The topological polar surface area (TPSA) is 67.2 Å². The van der Waals surface area contributed by atoms with Gasteiger partial charge in [-0.05, 0) is 48.6 Å². The van der Waals surface area contributed by atoms with E-state index in [-0.39, 0.29) is 24.1 Å². The fourth-order valence-electron chi connectivity index (χ4n) is 2.75. The first-order valence-corrected chi connectivity index (χ1v) is 8.90. The van der Waals surface area contributed by atoms with Gasteiger partial charge in [-0.1, -0.05) is 12.1 Å². The Bertz CT molecular complexity index is 918. The molecule has 3 aromatic rings. The number of rotatable bonds is 6. The van der Waals surface area contributed by atoms with E-state index in [9.17, 15) is 9.59 Å². The monoisotopic (exact) mass is 356 g/mol. The van der Waals surface area contributed by atoms with Gasteiger partial charge in [-0.2, -0.15) is 11.3 Å². The molecule has 0 saturated heterocycles. The Balaban J connectivity index is 1.73. The maximum absolute atomic E-state index is 12.4. The van der Waals surface area contributed by atoms with E-state index in [1.165, 1.54) is 16.3 Å². The summed E-state index contributed by atoms with van der Waals surface area (Å²) in [6.45, 7) is 0.464. The minimum Gasteiger partial charge on any atom is -0.353 e. The maximum Gasteiger partial charge on any atom is 0.269 e. The maximum atomic E-state index is 12.4.